The molecular weight excluding hydrogens is 813 g/mol. The fraction of sp³-hybridized carbons (Fsp3) is 0.422. The number of nitrogen functional groups attached to an aromatic ring is 1. The number of hydrogen-bond donors (Lipinski definition) is 2. The molecule has 0 spiro atoms. The molecule has 0 fully saturated rings. The van der Waals surface area contributed by atoms with E-state index in [0.29, 0.717) is 0 Å². The van der Waals surface area contributed by atoms with Crippen molar-refractivity contribution < 1.29 is 4.79 Å². The first-order valence-electron chi connectivity index (χ1n) is 26.5. The summed E-state index contributed by atoms with van der Waals surface area (Å²) in [6, 6.07) is 49.2. The highest BCUT2D eigenvalue weighted by molar-refractivity contribution is 5.89. The van der Waals surface area contributed by atoms with Crippen LogP contribution >= 0.6 is 0 Å². The van der Waals surface area contributed by atoms with E-state index in [2.05, 4.69) is 142 Å². The Morgan fingerprint density at radius 3 is 1.12 bits per heavy atom. The van der Waals surface area contributed by atoms with Gasteiger partial charge in [0.2, 0.25) is 5.91 Å². The first kappa shape index (κ1) is 49.5. The van der Waals surface area contributed by atoms with Crippen molar-refractivity contribution in [2.45, 2.75) is 174 Å². The van der Waals surface area contributed by atoms with E-state index in [4.69, 9.17) is 5.73 Å². The largest absolute Gasteiger partial charge is 0.399 e. The fourth-order valence-electron chi connectivity index (χ4n) is 11.6. The molecule has 2 aliphatic rings. The zero-order valence-electron chi connectivity index (χ0n) is 41.8. The van der Waals surface area contributed by atoms with Crippen LogP contribution in [0.4, 0.5) is 11.4 Å². The fourth-order valence-corrected chi connectivity index (χ4v) is 11.6. The van der Waals surface area contributed by atoms with Gasteiger partial charge in [0.1, 0.15) is 0 Å². The van der Waals surface area contributed by atoms with Gasteiger partial charge in [-0.25, -0.2) is 0 Å². The lowest BCUT2D eigenvalue weighted by Gasteiger charge is -2.33. The van der Waals surface area contributed by atoms with Crippen LogP contribution in [-0.2, 0) is 15.6 Å². The SMILES string of the molecule is CCCCCCC1(CCCCCC)c2ccccc2-c2ccc(-c3ccc(N)cc3)cc21.CCCCCCC1(CCCCCC)c2ccccc2-c2ccc(-c3ccc(NC(C)=O)cc3)cc21. The predicted octanol–water partition coefficient (Wildman–Crippen LogP) is 18.7. The standard InChI is InChI=1S/C33H41NO.C31H39N/c1-4-6-8-12-22-33(23-13-9-7-5-2)31-15-11-10-14-29(31)30-21-18-27(24-32(30)33)26-16-19-28(20-17-26)34-25(3)35;1-3-5-7-11-21-31(22-12-8-6-4-2)29-14-10-9-13-27(29)28-20-17-25(23-30(28)31)24-15-18-26(32)19-16-24/h10-11,14-21,24H,4-9,12-13,22-23H2,1-3H3,(H,34,35);9-10,13-20,23H,3-8,11-12,21-22,32H2,1-2H3. The highest BCUT2D eigenvalue weighted by atomic mass is 16.1. The second-order valence-electron chi connectivity index (χ2n) is 19.9. The van der Waals surface area contributed by atoms with E-state index in [1.807, 2.05) is 24.3 Å². The van der Waals surface area contributed by atoms with Crippen molar-refractivity contribution in [1.29, 1.82) is 0 Å². The smallest absolute Gasteiger partial charge is 0.221 e. The van der Waals surface area contributed by atoms with E-state index < -0.39 is 0 Å². The van der Waals surface area contributed by atoms with E-state index in [1.165, 1.54) is 178 Å². The summed E-state index contributed by atoms with van der Waals surface area (Å²) in [6.45, 7) is 10.8. The average molecular weight is 893 g/mol. The molecule has 0 atom stereocenters. The van der Waals surface area contributed by atoms with Gasteiger partial charge >= 0.3 is 0 Å². The summed E-state index contributed by atoms with van der Waals surface area (Å²) in [5, 5.41) is 2.88. The number of hydrogen-bond acceptors (Lipinski definition) is 2. The zero-order valence-corrected chi connectivity index (χ0v) is 41.8. The lowest BCUT2D eigenvalue weighted by molar-refractivity contribution is -0.114. The van der Waals surface area contributed by atoms with Gasteiger partial charge in [-0.15, -0.1) is 0 Å². The number of benzene rings is 6. The van der Waals surface area contributed by atoms with Gasteiger partial charge in [-0.3, -0.25) is 4.79 Å². The molecule has 0 aliphatic heterocycles. The summed E-state index contributed by atoms with van der Waals surface area (Å²) in [6.07, 6.45) is 25.9. The Morgan fingerprint density at radius 1 is 0.403 bits per heavy atom. The summed E-state index contributed by atoms with van der Waals surface area (Å²) >= 11 is 0. The van der Waals surface area contributed by atoms with Crippen LogP contribution in [0.15, 0.2) is 133 Å². The monoisotopic (exact) mass is 893 g/mol. The molecule has 8 rings (SSSR count). The molecule has 0 radical (unpaired) electrons. The molecule has 2 aliphatic carbocycles. The summed E-state index contributed by atoms with van der Waals surface area (Å²) in [5.41, 5.74) is 24.9. The highest BCUT2D eigenvalue weighted by Crippen LogP contribution is 2.56. The van der Waals surface area contributed by atoms with Gasteiger partial charge in [0.25, 0.3) is 0 Å². The lowest BCUT2D eigenvalue weighted by Crippen LogP contribution is -2.25. The van der Waals surface area contributed by atoms with E-state index >= 15 is 0 Å². The van der Waals surface area contributed by atoms with Gasteiger partial charge in [-0.2, -0.15) is 0 Å². The van der Waals surface area contributed by atoms with Crippen LogP contribution in [0, 0.1) is 0 Å². The number of carbonyl (C=O) groups is 1. The van der Waals surface area contributed by atoms with Crippen LogP contribution in [0.1, 0.15) is 185 Å². The second-order valence-corrected chi connectivity index (χ2v) is 19.9. The number of rotatable bonds is 23. The number of nitrogens with one attached hydrogen (secondary N) is 1. The van der Waals surface area contributed by atoms with Gasteiger partial charge < -0.3 is 11.1 Å². The first-order valence-corrected chi connectivity index (χ1v) is 26.5. The minimum atomic E-state index is -0.0380. The number of nitrogens with two attached hydrogens (primary N) is 1. The third kappa shape index (κ3) is 11.5. The number of fused-ring (bicyclic) bond motifs is 6. The maximum atomic E-state index is 11.4. The summed E-state index contributed by atoms with van der Waals surface area (Å²) < 4.78 is 0. The number of amides is 1. The molecular formula is C64H80N2O. The van der Waals surface area contributed by atoms with Crippen LogP contribution in [-0.4, -0.2) is 5.91 Å². The Hall–Kier alpha value is -5.41. The number of carbonyl (C=O) groups excluding carboxylic acids is 1. The zero-order chi connectivity index (χ0) is 47.1. The molecule has 0 aromatic heterocycles. The lowest BCUT2D eigenvalue weighted by atomic mass is 9.70. The summed E-state index contributed by atoms with van der Waals surface area (Å²) in [5.74, 6) is -0.0380. The van der Waals surface area contributed by atoms with Gasteiger partial charge in [0, 0.05) is 29.1 Å². The van der Waals surface area contributed by atoms with Crippen molar-refractivity contribution >= 4 is 17.3 Å². The second kappa shape index (κ2) is 24.0. The molecule has 6 aromatic carbocycles. The molecule has 0 bridgehead atoms. The molecule has 67 heavy (non-hydrogen) atoms. The van der Waals surface area contributed by atoms with E-state index in [9.17, 15) is 4.79 Å². The van der Waals surface area contributed by atoms with Crippen molar-refractivity contribution in [2.24, 2.45) is 0 Å². The summed E-state index contributed by atoms with van der Waals surface area (Å²) in [4.78, 5) is 11.4. The topological polar surface area (TPSA) is 55.1 Å². The Kier molecular flexibility index (Phi) is 17.8. The van der Waals surface area contributed by atoms with Crippen molar-refractivity contribution in [1.82, 2.24) is 0 Å². The van der Waals surface area contributed by atoms with E-state index in [0.717, 1.165) is 11.4 Å². The Balaban J connectivity index is 0.000000200. The van der Waals surface area contributed by atoms with Crippen LogP contribution in [0.3, 0.4) is 0 Å². The normalized spacial score (nSPS) is 13.5. The molecule has 3 nitrogen and oxygen atoms in total. The Labute approximate surface area is 405 Å². The molecule has 3 N–H and O–H groups in total. The van der Waals surface area contributed by atoms with Crippen LogP contribution < -0.4 is 11.1 Å². The van der Waals surface area contributed by atoms with E-state index in [1.54, 1.807) is 23.6 Å². The van der Waals surface area contributed by atoms with Gasteiger partial charge in [0.05, 0.1) is 0 Å². The van der Waals surface area contributed by atoms with Crippen LogP contribution in [0.2, 0.25) is 0 Å². The van der Waals surface area contributed by atoms with Gasteiger partial charge in [-0.1, -0.05) is 227 Å². The van der Waals surface area contributed by atoms with Crippen LogP contribution in [0.25, 0.3) is 44.5 Å². The maximum Gasteiger partial charge on any atom is 0.221 e. The minimum Gasteiger partial charge on any atom is -0.399 e. The molecule has 352 valence electrons. The summed E-state index contributed by atoms with van der Waals surface area (Å²) in [7, 11) is 0. The van der Waals surface area contributed by atoms with Crippen LogP contribution in [0.5, 0.6) is 0 Å². The molecule has 3 heteroatoms. The molecule has 6 aromatic rings. The van der Waals surface area contributed by atoms with Crippen molar-refractivity contribution in [2.75, 3.05) is 11.1 Å². The third-order valence-corrected chi connectivity index (χ3v) is 15.1. The molecule has 0 unspecified atom stereocenters. The molecule has 0 saturated carbocycles. The number of unbranched alkanes of at least 4 members (excludes halogenated alkanes) is 12. The predicted molar refractivity (Wildman–Crippen MR) is 290 cm³/mol. The highest BCUT2D eigenvalue weighted by Gasteiger charge is 2.43. The average Bonchev–Trinajstić information content (AvgIpc) is 3.78. The van der Waals surface area contributed by atoms with Crippen molar-refractivity contribution in [3.05, 3.63) is 156 Å². The van der Waals surface area contributed by atoms with Gasteiger partial charge in [0.15, 0.2) is 0 Å². The molecule has 0 saturated heterocycles. The molecule has 1 amide bonds. The Bertz CT molecular complexity index is 2470. The number of anilines is 2. The van der Waals surface area contributed by atoms with Crippen molar-refractivity contribution in [3.8, 4) is 44.5 Å². The first-order chi connectivity index (χ1) is 32.8. The Morgan fingerprint density at radius 2 is 0.746 bits per heavy atom. The molecule has 0 heterocycles. The van der Waals surface area contributed by atoms with Crippen molar-refractivity contribution in [3.63, 3.8) is 0 Å². The quantitative estimate of drug-likeness (QED) is 0.0497. The van der Waals surface area contributed by atoms with Gasteiger partial charge in [-0.05, 0) is 129 Å². The van der Waals surface area contributed by atoms with E-state index in [-0.39, 0.29) is 16.7 Å². The third-order valence-electron chi connectivity index (χ3n) is 15.1. The minimum absolute atomic E-state index is 0.0380. The maximum absolute atomic E-state index is 11.4.